The molecule has 0 spiro atoms. The van der Waals surface area contributed by atoms with Crippen molar-refractivity contribution in [1.29, 1.82) is 0 Å². The van der Waals surface area contributed by atoms with Gasteiger partial charge in [0, 0.05) is 52.0 Å². The zero-order valence-corrected chi connectivity index (χ0v) is 22.1. The summed E-state index contributed by atoms with van der Waals surface area (Å²) in [5.41, 5.74) is 0.811. The van der Waals surface area contributed by atoms with E-state index >= 15 is 0 Å². The molecular weight excluding hydrogens is 474 g/mol. The van der Waals surface area contributed by atoms with Gasteiger partial charge in [0.05, 0.1) is 30.5 Å². The van der Waals surface area contributed by atoms with Crippen LogP contribution >= 0.6 is 11.6 Å². The summed E-state index contributed by atoms with van der Waals surface area (Å²) in [6.45, 7) is 8.08. The van der Waals surface area contributed by atoms with Gasteiger partial charge in [-0.25, -0.2) is 4.98 Å². The quantitative estimate of drug-likeness (QED) is 0.392. The van der Waals surface area contributed by atoms with Crippen LogP contribution in [0.1, 0.15) is 20.3 Å². The molecule has 1 aromatic carbocycles. The highest BCUT2D eigenvalue weighted by Gasteiger charge is 2.23. The lowest BCUT2D eigenvalue weighted by Crippen LogP contribution is -2.29. The van der Waals surface area contributed by atoms with Gasteiger partial charge in [0.1, 0.15) is 16.5 Å². The molecule has 0 atom stereocenters. The standard InChI is InChI=1S/C21H30ClN7O4.C2H6/c1-26(2)7-8-27(3)17-13-19(32-4)16(12-18(17)29(30)31)24-21-23-14-15(22)20(25-21)28-6-5-10-33-11-9-28;1-2/h12-14H,5-11H2,1-4H3,(H,23,24,25);1-2H3. The zero-order valence-electron chi connectivity index (χ0n) is 21.4. The van der Waals surface area contributed by atoms with E-state index in [2.05, 4.69) is 15.3 Å². The van der Waals surface area contributed by atoms with Gasteiger partial charge in [-0.1, -0.05) is 25.4 Å². The Kier molecular flexibility index (Phi) is 11.2. The van der Waals surface area contributed by atoms with E-state index in [1.807, 2.05) is 49.7 Å². The van der Waals surface area contributed by atoms with E-state index in [1.165, 1.54) is 19.4 Å². The number of hydrogen-bond acceptors (Lipinski definition) is 10. The van der Waals surface area contributed by atoms with Crippen LogP contribution in [0.2, 0.25) is 5.02 Å². The molecule has 1 N–H and O–H groups in total. The third-order valence-corrected chi connectivity index (χ3v) is 5.55. The number of benzene rings is 1. The number of nitrogens with zero attached hydrogens (tertiary/aromatic N) is 6. The molecule has 2 aromatic rings. The van der Waals surface area contributed by atoms with Crippen LogP contribution in [-0.2, 0) is 4.74 Å². The Balaban J connectivity index is 0.00000210. The van der Waals surface area contributed by atoms with E-state index < -0.39 is 4.92 Å². The van der Waals surface area contributed by atoms with E-state index in [0.717, 1.165) is 19.5 Å². The number of likely N-dealkylation sites (N-methyl/N-ethyl adjacent to an activating group) is 2. The molecule has 3 rings (SSSR count). The van der Waals surface area contributed by atoms with Crippen molar-refractivity contribution >= 4 is 40.4 Å². The monoisotopic (exact) mass is 509 g/mol. The molecule has 0 saturated carbocycles. The van der Waals surface area contributed by atoms with Gasteiger partial charge in [0.2, 0.25) is 5.95 Å². The number of nitro groups is 1. The molecule has 2 heterocycles. The fourth-order valence-corrected chi connectivity index (χ4v) is 3.68. The molecular formula is C23H36ClN7O4. The predicted molar refractivity (Wildman–Crippen MR) is 141 cm³/mol. The molecule has 35 heavy (non-hydrogen) atoms. The molecule has 194 valence electrons. The minimum atomic E-state index is -0.405. The van der Waals surface area contributed by atoms with E-state index in [1.54, 1.807) is 6.07 Å². The van der Waals surface area contributed by atoms with Gasteiger partial charge in [0.15, 0.2) is 5.82 Å². The van der Waals surface area contributed by atoms with Gasteiger partial charge in [-0.2, -0.15) is 4.98 Å². The molecule has 0 bridgehead atoms. The lowest BCUT2D eigenvalue weighted by atomic mass is 10.2. The third kappa shape index (κ3) is 7.81. The van der Waals surface area contributed by atoms with Gasteiger partial charge in [0.25, 0.3) is 5.69 Å². The highest BCUT2D eigenvalue weighted by Crippen LogP contribution is 2.39. The van der Waals surface area contributed by atoms with Crippen LogP contribution in [0, 0.1) is 10.1 Å². The number of ether oxygens (including phenoxy) is 2. The Labute approximate surface area is 212 Å². The van der Waals surface area contributed by atoms with Crippen molar-refractivity contribution in [3.05, 3.63) is 33.5 Å². The Morgan fingerprint density at radius 1 is 1.23 bits per heavy atom. The van der Waals surface area contributed by atoms with Crippen molar-refractivity contribution in [2.75, 3.05) is 82.8 Å². The predicted octanol–water partition coefficient (Wildman–Crippen LogP) is 4.04. The van der Waals surface area contributed by atoms with E-state index in [-0.39, 0.29) is 11.6 Å². The fourth-order valence-electron chi connectivity index (χ4n) is 3.47. The van der Waals surface area contributed by atoms with Crippen molar-refractivity contribution in [2.45, 2.75) is 20.3 Å². The summed E-state index contributed by atoms with van der Waals surface area (Å²) in [7, 11) is 7.24. The van der Waals surface area contributed by atoms with Crippen molar-refractivity contribution < 1.29 is 14.4 Å². The highest BCUT2D eigenvalue weighted by molar-refractivity contribution is 6.32. The Bertz CT molecular complexity index is 969. The van der Waals surface area contributed by atoms with Crippen LogP contribution in [0.3, 0.4) is 0 Å². The van der Waals surface area contributed by atoms with Crippen LogP contribution < -0.4 is 19.9 Å². The zero-order chi connectivity index (χ0) is 26.0. The molecule has 1 aliphatic rings. The average molecular weight is 510 g/mol. The number of nitro benzene ring substituents is 1. The maximum Gasteiger partial charge on any atom is 0.294 e. The van der Waals surface area contributed by atoms with Gasteiger partial charge in [-0.3, -0.25) is 10.1 Å². The molecule has 0 aliphatic carbocycles. The summed E-state index contributed by atoms with van der Waals surface area (Å²) >= 11 is 6.36. The first-order chi connectivity index (χ1) is 16.8. The van der Waals surface area contributed by atoms with Crippen LogP contribution in [0.15, 0.2) is 18.3 Å². The van der Waals surface area contributed by atoms with E-state index in [4.69, 9.17) is 21.1 Å². The number of nitrogens with one attached hydrogen (secondary N) is 1. The summed E-state index contributed by atoms with van der Waals surface area (Å²) < 4.78 is 11.0. The normalized spacial score (nSPS) is 13.5. The first-order valence-electron chi connectivity index (χ1n) is 11.6. The van der Waals surface area contributed by atoms with Crippen molar-refractivity contribution in [3.8, 4) is 5.75 Å². The largest absolute Gasteiger partial charge is 0.494 e. The molecule has 0 radical (unpaired) electrons. The summed E-state index contributed by atoms with van der Waals surface area (Å²) in [6, 6.07) is 3.09. The first kappa shape index (κ1) is 28.3. The van der Waals surface area contributed by atoms with Gasteiger partial charge in [-0.15, -0.1) is 0 Å². The molecule has 0 amide bonds. The average Bonchev–Trinajstić information content (AvgIpc) is 3.14. The van der Waals surface area contributed by atoms with Crippen molar-refractivity contribution in [1.82, 2.24) is 14.9 Å². The summed E-state index contributed by atoms with van der Waals surface area (Å²) in [6.07, 6.45) is 2.38. The second-order valence-corrected chi connectivity index (χ2v) is 8.37. The van der Waals surface area contributed by atoms with Gasteiger partial charge in [-0.05, 0) is 20.5 Å². The number of aromatic nitrogens is 2. The molecule has 1 aromatic heterocycles. The summed E-state index contributed by atoms with van der Waals surface area (Å²) in [4.78, 5) is 26.2. The molecule has 0 unspecified atom stereocenters. The number of rotatable bonds is 9. The summed E-state index contributed by atoms with van der Waals surface area (Å²) in [5.74, 6) is 1.30. The smallest absolute Gasteiger partial charge is 0.294 e. The fraction of sp³-hybridized carbons (Fsp3) is 0.565. The van der Waals surface area contributed by atoms with Gasteiger partial charge < -0.3 is 29.5 Å². The number of anilines is 4. The number of methoxy groups -OCH3 is 1. The first-order valence-corrected chi connectivity index (χ1v) is 12.0. The highest BCUT2D eigenvalue weighted by atomic mass is 35.5. The van der Waals surface area contributed by atoms with Crippen LogP contribution in [0.25, 0.3) is 0 Å². The molecule has 11 nitrogen and oxygen atoms in total. The van der Waals surface area contributed by atoms with Crippen molar-refractivity contribution in [2.24, 2.45) is 0 Å². The lowest BCUT2D eigenvalue weighted by molar-refractivity contribution is -0.384. The van der Waals surface area contributed by atoms with Crippen molar-refractivity contribution in [3.63, 3.8) is 0 Å². The second kappa shape index (κ2) is 13.9. The van der Waals surface area contributed by atoms with Crippen LogP contribution in [0.5, 0.6) is 5.75 Å². The van der Waals surface area contributed by atoms with Crippen LogP contribution in [0.4, 0.5) is 28.8 Å². The third-order valence-electron chi connectivity index (χ3n) is 5.28. The lowest BCUT2D eigenvalue weighted by Gasteiger charge is -2.23. The second-order valence-electron chi connectivity index (χ2n) is 7.97. The molecule has 1 aliphatic heterocycles. The topological polar surface area (TPSA) is 109 Å². The number of halogens is 1. The summed E-state index contributed by atoms with van der Waals surface area (Å²) in [5, 5.41) is 15.3. The molecule has 1 saturated heterocycles. The van der Waals surface area contributed by atoms with E-state index in [9.17, 15) is 10.1 Å². The van der Waals surface area contributed by atoms with E-state index in [0.29, 0.717) is 54.3 Å². The number of hydrogen-bond donors (Lipinski definition) is 1. The Morgan fingerprint density at radius 3 is 2.63 bits per heavy atom. The minimum Gasteiger partial charge on any atom is -0.494 e. The SMILES string of the molecule is CC.COc1cc(N(C)CCN(C)C)c([N+](=O)[O-])cc1Nc1ncc(Cl)c(N2CCCOCC2)n1. The molecule has 1 fully saturated rings. The Hall–Kier alpha value is -2.89. The van der Waals surface area contributed by atoms with Crippen LogP contribution in [-0.4, -0.2) is 87.4 Å². The van der Waals surface area contributed by atoms with Gasteiger partial charge >= 0.3 is 0 Å². The maximum absolute atomic E-state index is 11.8. The maximum atomic E-state index is 11.8. The minimum absolute atomic E-state index is 0.0431. The Morgan fingerprint density at radius 2 is 1.97 bits per heavy atom. The molecule has 12 heteroatoms.